The lowest BCUT2D eigenvalue weighted by Crippen LogP contribution is -2.26. The van der Waals surface area contributed by atoms with Gasteiger partial charge in [0, 0.05) is 24.0 Å². The summed E-state index contributed by atoms with van der Waals surface area (Å²) in [4.78, 5) is 26.4. The third-order valence-electron chi connectivity index (χ3n) is 4.54. The van der Waals surface area contributed by atoms with E-state index in [2.05, 4.69) is 5.32 Å². The Morgan fingerprint density at radius 2 is 1.63 bits per heavy atom. The first-order chi connectivity index (χ1) is 14.5. The van der Waals surface area contributed by atoms with Gasteiger partial charge in [0.25, 0.3) is 11.8 Å². The summed E-state index contributed by atoms with van der Waals surface area (Å²) in [6.45, 7) is 1.79. The lowest BCUT2D eigenvalue weighted by atomic mass is 10.1. The van der Waals surface area contributed by atoms with Crippen LogP contribution in [0.15, 0.2) is 72.8 Å². The van der Waals surface area contributed by atoms with Gasteiger partial charge in [-0.2, -0.15) is 0 Å². The number of amides is 2. The number of nitrogens with zero attached hydrogens (tertiary/aromatic N) is 1. The molecule has 3 aromatic carbocycles. The monoisotopic (exact) mass is 404 g/mol. The number of carbonyl (C=O) groups is 2. The maximum absolute atomic E-state index is 12.6. The van der Waals surface area contributed by atoms with Crippen LogP contribution in [-0.2, 0) is 4.79 Å². The molecule has 0 aliphatic heterocycles. The molecule has 0 fully saturated rings. The van der Waals surface area contributed by atoms with Gasteiger partial charge >= 0.3 is 0 Å². The van der Waals surface area contributed by atoms with Crippen LogP contribution >= 0.6 is 0 Å². The fraction of sp³-hybridized carbons (Fsp3) is 0.167. The topological polar surface area (TPSA) is 67.9 Å². The predicted octanol–water partition coefficient (Wildman–Crippen LogP) is 4.30. The molecule has 0 saturated carbocycles. The van der Waals surface area contributed by atoms with E-state index in [1.807, 2.05) is 49.4 Å². The number of anilines is 2. The third-order valence-corrected chi connectivity index (χ3v) is 4.54. The number of para-hydroxylation sites is 1. The fourth-order valence-electron chi connectivity index (χ4n) is 2.89. The molecule has 6 nitrogen and oxygen atoms in total. The zero-order valence-corrected chi connectivity index (χ0v) is 17.2. The lowest BCUT2D eigenvalue weighted by molar-refractivity contribution is -0.118. The number of benzene rings is 3. The molecule has 0 atom stereocenters. The first-order valence-corrected chi connectivity index (χ1v) is 9.48. The van der Waals surface area contributed by atoms with E-state index in [0.29, 0.717) is 22.7 Å². The molecule has 0 spiro atoms. The Labute approximate surface area is 176 Å². The maximum Gasteiger partial charge on any atom is 0.262 e. The first kappa shape index (κ1) is 20.9. The van der Waals surface area contributed by atoms with Gasteiger partial charge in [0.1, 0.15) is 0 Å². The molecule has 3 rings (SSSR count). The smallest absolute Gasteiger partial charge is 0.262 e. The summed E-state index contributed by atoms with van der Waals surface area (Å²) < 4.78 is 10.8. The molecule has 1 N–H and O–H groups in total. The summed E-state index contributed by atoms with van der Waals surface area (Å²) in [5, 5.41) is 2.76. The minimum atomic E-state index is -0.307. The summed E-state index contributed by atoms with van der Waals surface area (Å²) in [6, 6.07) is 21.6. The Morgan fingerprint density at radius 1 is 0.933 bits per heavy atom. The van der Waals surface area contributed by atoms with Gasteiger partial charge in [-0.1, -0.05) is 24.3 Å². The Hall–Kier alpha value is -3.80. The molecule has 0 bridgehead atoms. The van der Waals surface area contributed by atoms with Crippen LogP contribution in [0.1, 0.15) is 15.9 Å². The van der Waals surface area contributed by atoms with Crippen molar-refractivity contribution in [1.29, 1.82) is 0 Å². The minimum absolute atomic E-state index is 0.131. The van der Waals surface area contributed by atoms with Gasteiger partial charge in [0.05, 0.1) is 7.11 Å². The Bertz CT molecular complexity index is 1020. The second-order valence-electron chi connectivity index (χ2n) is 6.77. The molecule has 0 aliphatic rings. The van der Waals surface area contributed by atoms with E-state index in [-0.39, 0.29) is 18.4 Å². The zero-order chi connectivity index (χ0) is 21.5. The molecule has 0 saturated heterocycles. The van der Waals surface area contributed by atoms with Crippen LogP contribution in [0.3, 0.4) is 0 Å². The van der Waals surface area contributed by atoms with Gasteiger partial charge in [-0.05, 0) is 61.0 Å². The molecular formula is C24H24N2O4. The SMILES string of the molecule is COc1cc(C)ccc1OCC(=O)Nc1ccc(C(=O)N(C)c2ccccc2)cc1. The fourth-order valence-corrected chi connectivity index (χ4v) is 2.89. The second kappa shape index (κ2) is 9.60. The van der Waals surface area contributed by atoms with Crippen LogP contribution in [0.4, 0.5) is 11.4 Å². The van der Waals surface area contributed by atoms with Crippen LogP contribution in [0.2, 0.25) is 0 Å². The molecular weight excluding hydrogens is 380 g/mol. The van der Waals surface area contributed by atoms with Crippen molar-refractivity contribution in [2.75, 3.05) is 31.0 Å². The Balaban J connectivity index is 1.57. The van der Waals surface area contributed by atoms with Gasteiger partial charge in [-0.25, -0.2) is 0 Å². The molecule has 0 aromatic heterocycles. The number of hydrogen-bond acceptors (Lipinski definition) is 4. The third kappa shape index (κ3) is 5.17. The first-order valence-electron chi connectivity index (χ1n) is 9.48. The maximum atomic E-state index is 12.6. The number of aryl methyl sites for hydroxylation is 1. The molecule has 0 heterocycles. The van der Waals surface area contributed by atoms with Crippen molar-refractivity contribution in [3.63, 3.8) is 0 Å². The Kier molecular flexibility index (Phi) is 6.70. The normalized spacial score (nSPS) is 10.2. The van der Waals surface area contributed by atoms with Crippen LogP contribution in [-0.4, -0.2) is 32.6 Å². The number of carbonyl (C=O) groups excluding carboxylic acids is 2. The average molecular weight is 404 g/mol. The molecule has 0 radical (unpaired) electrons. The van der Waals surface area contributed by atoms with Crippen molar-refractivity contribution in [2.24, 2.45) is 0 Å². The highest BCUT2D eigenvalue weighted by atomic mass is 16.5. The molecule has 0 unspecified atom stereocenters. The van der Waals surface area contributed by atoms with Crippen molar-refractivity contribution in [3.8, 4) is 11.5 Å². The van der Waals surface area contributed by atoms with Gasteiger partial charge in [-0.15, -0.1) is 0 Å². The van der Waals surface area contributed by atoms with E-state index >= 15 is 0 Å². The molecule has 6 heteroatoms. The van der Waals surface area contributed by atoms with Crippen LogP contribution in [0.5, 0.6) is 11.5 Å². The van der Waals surface area contributed by atoms with E-state index in [9.17, 15) is 9.59 Å². The average Bonchev–Trinajstić information content (AvgIpc) is 2.78. The van der Waals surface area contributed by atoms with Crippen molar-refractivity contribution < 1.29 is 19.1 Å². The summed E-state index contributed by atoms with van der Waals surface area (Å²) in [7, 11) is 3.28. The number of ether oxygens (including phenoxy) is 2. The van der Waals surface area contributed by atoms with Crippen molar-refractivity contribution in [2.45, 2.75) is 6.92 Å². The van der Waals surface area contributed by atoms with Crippen LogP contribution in [0, 0.1) is 6.92 Å². The van der Waals surface area contributed by atoms with E-state index in [1.165, 1.54) is 0 Å². The second-order valence-corrected chi connectivity index (χ2v) is 6.77. The highest BCUT2D eigenvalue weighted by Crippen LogP contribution is 2.27. The van der Waals surface area contributed by atoms with Gasteiger partial charge in [0.15, 0.2) is 18.1 Å². The number of methoxy groups -OCH3 is 1. The van der Waals surface area contributed by atoms with Crippen molar-refractivity contribution in [3.05, 3.63) is 83.9 Å². The summed E-state index contributed by atoms with van der Waals surface area (Å²) >= 11 is 0. The molecule has 0 aliphatic carbocycles. The minimum Gasteiger partial charge on any atom is -0.493 e. The molecule has 30 heavy (non-hydrogen) atoms. The summed E-state index contributed by atoms with van der Waals surface area (Å²) in [5.41, 5.74) is 2.96. The zero-order valence-electron chi connectivity index (χ0n) is 17.2. The quantitative estimate of drug-likeness (QED) is 0.638. The number of rotatable bonds is 7. The van der Waals surface area contributed by atoms with E-state index in [0.717, 1.165) is 11.3 Å². The van der Waals surface area contributed by atoms with Crippen molar-refractivity contribution in [1.82, 2.24) is 0 Å². The molecule has 154 valence electrons. The molecule has 2 amide bonds. The van der Waals surface area contributed by atoms with E-state index in [4.69, 9.17) is 9.47 Å². The van der Waals surface area contributed by atoms with Crippen molar-refractivity contribution >= 4 is 23.2 Å². The van der Waals surface area contributed by atoms with Gasteiger partial charge < -0.3 is 19.7 Å². The summed E-state index contributed by atoms with van der Waals surface area (Å²) in [6.07, 6.45) is 0. The Morgan fingerprint density at radius 3 is 2.30 bits per heavy atom. The van der Waals surface area contributed by atoms with Gasteiger partial charge in [0.2, 0.25) is 0 Å². The highest BCUT2D eigenvalue weighted by Gasteiger charge is 2.14. The van der Waals surface area contributed by atoms with Crippen LogP contribution < -0.4 is 19.7 Å². The van der Waals surface area contributed by atoms with E-state index in [1.54, 1.807) is 49.4 Å². The number of nitrogens with one attached hydrogen (secondary N) is 1. The summed E-state index contributed by atoms with van der Waals surface area (Å²) in [5.74, 6) is 0.642. The highest BCUT2D eigenvalue weighted by molar-refractivity contribution is 6.06. The predicted molar refractivity (Wildman–Crippen MR) is 117 cm³/mol. The van der Waals surface area contributed by atoms with Crippen LogP contribution in [0.25, 0.3) is 0 Å². The standard InChI is InChI=1S/C24H24N2O4/c1-17-9-14-21(22(15-17)29-3)30-16-23(27)25-19-12-10-18(11-13-19)24(28)26(2)20-7-5-4-6-8-20/h4-15H,16H2,1-3H3,(H,25,27). The largest absolute Gasteiger partial charge is 0.493 e. The molecule has 3 aromatic rings. The van der Waals surface area contributed by atoms with Gasteiger partial charge in [-0.3, -0.25) is 9.59 Å². The number of hydrogen-bond donors (Lipinski definition) is 1. The van der Waals surface area contributed by atoms with E-state index < -0.39 is 0 Å². The lowest BCUT2D eigenvalue weighted by Gasteiger charge is -2.17.